The summed E-state index contributed by atoms with van der Waals surface area (Å²) >= 11 is 0. The minimum atomic E-state index is 0.598. The molecule has 0 atom stereocenters. The number of benzene rings is 7. The van der Waals surface area contributed by atoms with Crippen LogP contribution >= 0.6 is 0 Å². The number of aromatic nitrogens is 1. The van der Waals surface area contributed by atoms with Crippen LogP contribution in [0.5, 0.6) is 0 Å². The maximum atomic E-state index is 6.38. The van der Waals surface area contributed by atoms with E-state index in [1.807, 2.05) is 42.5 Å². The molecule has 0 fully saturated rings. The van der Waals surface area contributed by atoms with Gasteiger partial charge in [0.05, 0.1) is 5.69 Å². The van der Waals surface area contributed by atoms with Crippen LogP contribution in [0.1, 0.15) is 0 Å². The number of furan rings is 1. The third-order valence-electron chi connectivity index (χ3n) is 8.70. The molecule has 2 heterocycles. The molecule has 47 heavy (non-hydrogen) atoms. The van der Waals surface area contributed by atoms with Crippen molar-refractivity contribution in [3.8, 4) is 33.7 Å². The van der Waals surface area contributed by atoms with Crippen LogP contribution in [0.2, 0.25) is 0 Å². The van der Waals surface area contributed by atoms with Crippen LogP contribution in [0.25, 0.3) is 66.7 Å². The summed E-state index contributed by atoms with van der Waals surface area (Å²) in [5, 5.41) is 2.00. The molecule has 7 aromatic carbocycles. The van der Waals surface area contributed by atoms with Gasteiger partial charge in [0.15, 0.2) is 5.58 Å². The number of fused-ring (bicyclic) bond motifs is 4. The van der Waals surface area contributed by atoms with Crippen molar-refractivity contribution < 1.29 is 8.83 Å². The Balaban J connectivity index is 1.21. The molecule has 2 aromatic heterocycles. The third kappa shape index (κ3) is 4.84. The van der Waals surface area contributed by atoms with Gasteiger partial charge < -0.3 is 13.7 Å². The molecule has 4 heteroatoms. The van der Waals surface area contributed by atoms with E-state index >= 15 is 0 Å². The standard InChI is InChI=1S/C43H28N2O2/c1-4-12-29(13-5-1)30-20-22-33(23-21-30)45(39-19-11-10-18-35(39)31-14-6-2-7-15-31)34-24-25-40-36(26-34)37-27-42-38(28-41(37)46-40)44-43(47-42)32-16-8-3-9-17-32/h1-28H. The Morgan fingerprint density at radius 3 is 1.74 bits per heavy atom. The van der Waals surface area contributed by atoms with Crippen LogP contribution in [0.3, 0.4) is 0 Å². The number of nitrogens with zero attached hydrogens (tertiary/aromatic N) is 2. The van der Waals surface area contributed by atoms with E-state index in [1.54, 1.807) is 0 Å². The van der Waals surface area contributed by atoms with E-state index < -0.39 is 0 Å². The molecule has 0 amide bonds. The Morgan fingerprint density at radius 1 is 0.404 bits per heavy atom. The number of para-hydroxylation sites is 1. The van der Waals surface area contributed by atoms with Gasteiger partial charge in [-0.1, -0.05) is 109 Å². The third-order valence-corrected chi connectivity index (χ3v) is 8.70. The summed E-state index contributed by atoms with van der Waals surface area (Å²) in [6.45, 7) is 0. The summed E-state index contributed by atoms with van der Waals surface area (Å²) in [4.78, 5) is 7.09. The Morgan fingerprint density at radius 2 is 1.00 bits per heavy atom. The van der Waals surface area contributed by atoms with Crippen LogP contribution in [0.4, 0.5) is 17.1 Å². The maximum Gasteiger partial charge on any atom is 0.227 e. The molecule has 0 unspecified atom stereocenters. The highest BCUT2D eigenvalue weighted by Gasteiger charge is 2.20. The molecule has 4 nitrogen and oxygen atoms in total. The maximum absolute atomic E-state index is 6.38. The SMILES string of the molecule is c1ccc(-c2ccc(N(c3ccc4oc5cc6nc(-c7ccccc7)oc6cc5c4c3)c3ccccc3-c3ccccc3)cc2)cc1. The average Bonchev–Trinajstić information content (AvgIpc) is 3.73. The highest BCUT2D eigenvalue weighted by molar-refractivity contribution is 6.10. The lowest BCUT2D eigenvalue weighted by Gasteiger charge is -2.28. The highest BCUT2D eigenvalue weighted by atomic mass is 16.4. The number of hydrogen-bond acceptors (Lipinski definition) is 4. The molecule has 9 rings (SSSR count). The lowest BCUT2D eigenvalue weighted by molar-refractivity contribution is 0.620. The second-order valence-corrected chi connectivity index (χ2v) is 11.6. The van der Waals surface area contributed by atoms with Crippen LogP contribution in [0.15, 0.2) is 179 Å². The molecule has 0 N–H and O–H groups in total. The van der Waals surface area contributed by atoms with E-state index in [1.165, 1.54) is 11.1 Å². The van der Waals surface area contributed by atoms with Crippen molar-refractivity contribution in [3.05, 3.63) is 170 Å². The van der Waals surface area contributed by atoms with Crippen molar-refractivity contribution in [2.24, 2.45) is 0 Å². The van der Waals surface area contributed by atoms with E-state index in [0.717, 1.165) is 66.8 Å². The van der Waals surface area contributed by atoms with Gasteiger partial charge in [0.2, 0.25) is 5.89 Å². The normalized spacial score (nSPS) is 11.4. The second kappa shape index (κ2) is 11.2. The molecule has 0 saturated heterocycles. The summed E-state index contributed by atoms with van der Waals surface area (Å²) in [6.07, 6.45) is 0. The second-order valence-electron chi connectivity index (χ2n) is 11.6. The summed E-state index contributed by atoms with van der Waals surface area (Å²) in [5.74, 6) is 0.598. The van der Waals surface area contributed by atoms with Crippen LogP contribution in [0, 0.1) is 0 Å². The first-order valence-corrected chi connectivity index (χ1v) is 15.7. The Kier molecular flexibility index (Phi) is 6.43. The molecule has 222 valence electrons. The monoisotopic (exact) mass is 604 g/mol. The molecule has 9 aromatic rings. The van der Waals surface area contributed by atoms with Crippen LogP contribution < -0.4 is 4.90 Å². The van der Waals surface area contributed by atoms with Crippen molar-refractivity contribution in [2.75, 3.05) is 4.90 Å². The lowest BCUT2D eigenvalue weighted by atomic mass is 10.0. The van der Waals surface area contributed by atoms with Gasteiger partial charge in [-0.15, -0.1) is 0 Å². The van der Waals surface area contributed by atoms with Gasteiger partial charge in [0, 0.05) is 39.3 Å². The minimum Gasteiger partial charge on any atom is -0.456 e. The zero-order chi connectivity index (χ0) is 31.2. The predicted molar refractivity (Wildman–Crippen MR) is 192 cm³/mol. The van der Waals surface area contributed by atoms with Gasteiger partial charge in [-0.25, -0.2) is 4.98 Å². The first-order valence-electron chi connectivity index (χ1n) is 15.7. The van der Waals surface area contributed by atoms with Crippen molar-refractivity contribution in [1.29, 1.82) is 0 Å². The largest absolute Gasteiger partial charge is 0.456 e. The Hall–Kier alpha value is -6.39. The average molecular weight is 605 g/mol. The van der Waals surface area contributed by atoms with Gasteiger partial charge >= 0.3 is 0 Å². The highest BCUT2D eigenvalue weighted by Crippen LogP contribution is 2.43. The van der Waals surface area contributed by atoms with Gasteiger partial charge in [-0.2, -0.15) is 0 Å². The number of rotatable bonds is 6. The van der Waals surface area contributed by atoms with E-state index in [2.05, 4.69) is 132 Å². The zero-order valence-electron chi connectivity index (χ0n) is 25.4. The van der Waals surface area contributed by atoms with Gasteiger partial charge in [-0.3, -0.25) is 0 Å². The fourth-order valence-corrected chi connectivity index (χ4v) is 6.42. The van der Waals surface area contributed by atoms with Crippen molar-refractivity contribution >= 4 is 50.1 Å². The fourth-order valence-electron chi connectivity index (χ4n) is 6.42. The summed E-state index contributed by atoms with van der Waals surface area (Å²) in [6, 6.07) is 58.8. The number of oxazole rings is 1. The molecule has 0 aliphatic heterocycles. The predicted octanol–water partition coefficient (Wildman–Crippen LogP) is 12.2. The first kappa shape index (κ1) is 27.0. The van der Waals surface area contributed by atoms with Crippen molar-refractivity contribution in [3.63, 3.8) is 0 Å². The van der Waals surface area contributed by atoms with E-state index in [0.29, 0.717) is 5.89 Å². The van der Waals surface area contributed by atoms with Crippen molar-refractivity contribution in [1.82, 2.24) is 4.98 Å². The van der Waals surface area contributed by atoms with Gasteiger partial charge in [0.1, 0.15) is 16.7 Å². The first-order chi connectivity index (χ1) is 23.3. The smallest absolute Gasteiger partial charge is 0.227 e. The topological polar surface area (TPSA) is 42.4 Å². The molecule has 0 bridgehead atoms. The Bertz CT molecular complexity index is 2500. The number of anilines is 3. The number of hydrogen-bond donors (Lipinski definition) is 0. The molecule has 0 spiro atoms. The molecule has 0 saturated carbocycles. The van der Waals surface area contributed by atoms with E-state index in [4.69, 9.17) is 13.8 Å². The molecular formula is C43H28N2O2. The molecule has 0 aliphatic rings. The summed E-state index contributed by atoms with van der Waals surface area (Å²) < 4.78 is 12.6. The van der Waals surface area contributed by atoms with Crippen molar-refractivity contribution in [2.45, 2.75) is 0 Å². The zero-order valence-corrected chi connectivity index (χ0v) is 25.4. The van der Waals surface area contributed by atoms with E-state index in [-0.39, 0.29) is 0 Å². The summed E-state index contributed by atoms with van der Waals surface area (Å²) in [7, 11) is 0. The lowest BCUT2D eigenvalue weighted by Crippen LogP contribution is -2.11. The molecular weight excluding hydrogens is 576 g/mol. The quantitative estimate of drug-likeness (QED) is 0.189. The fraction of sp³-hybridized carbons (Fsp3) is 0. The minimum absolute atomic E-state index is 0.598. The van der Waals surface area contributed by atoms with Crippen LogP contribution in [-0.4, -0.2) is 4.98 Å². The van der Waals surface area contributed by atoms with Gasteiger partial charge in [0.25, 0.3) is 0 Å². The summed E-state index contributed by atoms with van der Waals surface area (Å²) in [5.41, 5.74) is 11.9. The van der Waals surface area contributed by atoms with E-state index in [9.17, 15) is 0 Å². The Labute approximate surface area is 271 Å². The molecule has 0 radical (unpaired) electrons. The van der Waals surface area contributed by atoms with Crippen LogP contribution in [-0.2, 0) is 0 Å². The van der Waals surface area contributed by atoms with Gasteiger partial charge in [-0.05, 0) is 71.3 Å². The molecule has 0 aliphatic carbocycles.